The third kappa shape index (κ3) is 3.33. The molecule has 0 radical (unpaired) electrons. The van der Waals surface area contributed by atoms with Gasteiger partial charge in [0.15, 0.2) is 11.7 Å². The lowest BCUT2D eigenvalue weighted by Crippen LogP contribution is -2.38. The molecule has 1 aromatic carbocycles. The van der Waals surface area contributed by atoms with Gasteiger partial charge in [0.05, 0.1) is 16.3 Å². The number of ether oxygens (including phenoxy) is 1. The third-order valence-electron chi connectivity index (χ3n) is 4.25. The second kappa shape index (κ2) is 7.13. The number of aromatic nitrogens is 1. The summed E-state index contributed by atoms with van der Waals surface area (Å²) in [5.41, 5.74) is 2.43. The number of rotatable bonds is 4. The summed E-state index contributed by atoms with van der Waals surface area (Å²) in [4.78, 5) is 32.3. The smallest absolute Gasteiger partial charge is 0.267 e. The third-order valence-corrected chi connectivity index (χ3v) is 6.01. The second-order valence-electron chi connectivity index (χ2n) is 5.96. The number of thiazole rings is 1. The van der Waals surface area contributed by atoms with Gasteiger partial charge in [0.25, 0.3) is 11.8 Å². The van der Waals surface area contributed by atoms with Gasteiger partial charge in [-0.2, -0.15) is 0 Å². The number of aryl methyl sites for hydroxylation is 1. The molecule has 6 nitrogen and oxygen atoms in total. The van der Waals surface area contributed by atoms with E-state index in [0.717, 1.165) is 21.8 Å². The molecule has 0 saturated heterocycles. The van der Waals surface area contributed by atoms with Crippen LogP contribution in [0.5, 0.6) is 5.75 Å². The molecule has 138 valence electrons. The van der Waals surface area contributed by atoms with Crippen molar-refractivity contribution in [3.63, 3.8) is 0 Å². The summed E-state index contributed by atoms with van der Waals surface area (Å²) in [5, 5.41) is 5.27. The Balaban J connectivity index is 1.64. The van der Waals surface area contributed by atoms with Crippen LogP contribution in [0.25, 0.3) is 11.3 Å². The lowest BCUT2D eigenvalue weighted by Gasteiger charge is -2.28. The molecule has 0 fully saturated rings. The fourth-order valence-electron chi connectivity index (χ4n) is 2.98. The molecule has 0 saturated carbocycles. The van der Waals surface area contributed by atoms with Crippen molar-refractivity contribution in [1.82, 2.24) is 4.98 Å². The summed E-state index contributed by atoms with van der Waals surface area (Å²) < 4.78 is 5.52. The molecule has 1 aliphatic rings. The minimum Gasteiger partial charge on any atom is -0.482 e. The highest BCUT2D eigenvalue weighted by molar-refractivity contribution is 7.16. The predicted octanol–water partition coefficient (Wildman–Crippen LogP) is 4.18. The Kier molecular flexibility index (Phi) is 4.67. The number of hydrogen-bond donors (Lipinski definition) is 1. The molecule has 0 spiro atoms. The standard InChI is InChI=1S/C19H17N3O3S2/c1-3-22-13-9-12(6-7-14(13)25-10-16(22)23)17-11(2)27-19(20-17)21-18(24)15-5-4-8-26-15/h4-9H,3,10H2,1-2H3,(H,20,21,24). The first-order valence-corrected chi connectivity index (χ1v) is 10.2. The Morgan fingerprint density at radius 3 is 2.96 bits per heavy atom. The van der Waals surface area contributed by atoms with Crippen LogP contribution in [0, 0.1) is 6.92 Å². The number of anilines is 2. The first-order chi connectivity index (χ1) is 13.1. The van der Waals surface area contributed by atoms with E-state index in [1.165, 1.54) is 22.7 Å². The molecule has 0 aliphatic carbocycles. The van der Waals surface area contributed by atoms with Crippen LogP contribution in [0.15, 0.2) is 35.7 Å². The van der Waals surface area contributed by atoms with Crippen LogP contribution in [-0.2, 0) is 4.79 Å². The highest BCUT2D eigenvalue weighted by Gasteiger charge is 2.25. The minimum absolute atomic E-state index is 0.0546. The van der Waals surface area contributed by atoms with Gasteiger partial charge in [-0.05, 0) is 43.5 Å². The van der Waals surface area contributed by atoms with Crippen molar-refractivity contribution in [3.8, 4) is 17.0 Å². The van der Waals surface area contributed by atoms with Crippen molar-refractivity contribution >= 4 is 45.3 Å². The van der Waals surface area contributed by atoms with Gasteiger partial charge in [-0.25, -0.2) is 4.98 Å². The molecule has 27 heavy (non-hydrogen) atoms. The largest absolute Gasteiger partial charge is 0.482 e. The monoisotopic (exact) mass is 399 g/mol. The van der Waals surface area contributed by atoms with E-state index < -0.39 is 0 Å². The summed E-state index contributed by atoms with van der Waals surface area (Å²) in [5.74, 6) is 0.479. The first-order valence-electron chi connectivity index (χ1n) is 8.46. The number of fused-ring (bicyclic) bond motifs is 1. The Morgan fingerprint density at radius 1 is 1.37 bits per heavy atom. The van der Waals surface area contributed by atoms with E-state index in [2.05, 4.69) is 10.3 Å². The maximum Gasteiger partial charge on any atom is 0.267 e. The summed E-state index contributed by atoms with van der Waals surface area (Å²) in [6.45, 7) is 4.55. The van der Waals surface area contributed by atoms with Gasteiger partial charge >= 0.3 is 0 Å². The van der Waals surface area contributed by atoms with Crippen LogP contribution >= 0.6 is 22.7 Å². The van der Waals surface area contributed by atoms with E-state index in [9.17, 15) is 9.59 Å². The van der Waals surface area contributed by atoms with Gasteiger partial charge in [-0.15, -0.1) is 22.7 Å². The molecular weight excluding hydrogens is 382 g/mol. The number of benzene rings is 1. The lowest BCUT2D eigenvalue weighted by molar-refractivity contribution is -0.121. The molecule has 8 heteroatoms. The summed E-state index contributed by atoms with van der Waals surface area (Å²) in [6.07, 6.45) is 0. The van der Waals surface area contributed by atoms with Crippen molar-refractivity contribution in [2.24, 2.45) is 0 Å². The number of nitrogens with zero attached hydrogens (tertiary/aromatic N) is 2. The zero-order chi connectivity index (χ0) is 19.0. The predicted molar refractivity (Wildman–Crippen MR) is 108 cm³/mol. The fraction of sp³-hybridized carbons (Fsp3) is 0.211. The zero-order valence-electron chi connectivity index (χ0n) is 14.8. The molecular formula is C19H17N3O3S2. The van der Waals surface area contributed by atoms with Crippen LogP contribution in [0.2, 0.25) is 0 Å². The van der Waals surface area contributed by atoms with Crippen LogP contribution in [0.4, 0.5) is 10.8 Å². The van der Waals surface area contributed by atoms with Crippen molar-refractivity contribution in [2.45, 2.75) is 13.8 Å². The maximum atomic E-state index is 12.2. The Bertz CT molecular complexity index is 1010. The lowest BCUT2D eigenvalue weighted by atomic mass is 10.1. The van der Waals surface area contributed by atoms with Gasteiger partial charge < -0.3 is 9.64 Å². The Hall–Kier alpha value is -2.71. The molecule has 2 aromatic heterocycles. The van der Waals surface area contributed by atoms with Crippen molar-refractivity contribution in [1.29, 1.82) is 0 Å². The molecule has 4 rings (SSSR count). The molecule has 2 amide bonds. The number of thiophene rings is 1. The fourth-order valence-corrected chi connectivity index (χ4v) is 4.43. The van der Waals surface area contributed by atoms with E-state index in [1.54, 1.807) is 11.0 Å². The SMILES string of the molecule is CCN1C(=O)COc2ccc(-c3nc(NC(=O)c4cccs4)sc3C)cc21. The van der Waals surface area contributed by atoms with Gasteiger partial charge in [0.2, 0.25) is 0 Å². The number of carbonyl (C=O) groups excluding carboxylic acids is 2. The Labute approximate surface area is 164 Å². The van der Waals surface area contributed by atoms with E-state index in [-0.39, 0.29) is 18.4 Å². The quantitative estimate of drug-likeness (QED) is 0.714. The summed E-state index contributed by atoms with van der Waals surface area (Å²) >= 11 is 2.82. The minimum atomic E-state index is -0.160. The normalized spacial score (nSPS) is 13.3. The number of amides is 2. The van der Waals surface area contributed by atoms with Gasteiger partial charge in [-0.1, -0.05) is 6.07 Å². The average Bonchev–Trinajstić information content (AvgIpc) is 3.31. The highest BCUT2D eigenvalue weighted by atomic mass is 32.1. The number of nitrogens with one attached hydrogen (secondary N) is 1. The van der Waals surface area contributed by atoms with Crippen LogP contribution in [0.3, 0.4) is 0 Å². The van der Waals surface area contributed by atoms with Gasteiger partial charge in [0, 0.05) is 17.0 Å². The summed E-state index contributed by atoms with van der Waals surface area (Å²) in [7, 11) is 0. The van der Waals surface area contributed by atoms with Crippen LogP contribution in [0.1, 0.15) is 21.5 Å². The van der Waals surface area contributed by atoms with E-state index in [4.69, 9.17) is 4.74 Å². The molecule has 3 aromatic rings. The van der Waals surface area contributed by atoms with E-state index in [0.29, 0.717) is 22.3 Å². The number of hydrogen-bond acceptors (Lipinski definition) is 6. The van der Waals surface area contributed by atoms with Crippen molar-refractivity contribution in [2.75, 3.05) is 23.4 Å². The van der Waals surface area contributed by atoms with Gasteiger partial charge in [-0.3, -0.25) is 14.9 Å². The van der Waals surface area contributed by atoms with Crippen LogP contribution < -0.4 is 15.0 Å². The zero-order valence-corrected chi connectivity index (χ0v) is 16.4. The van der Waals surface area contributed by atoms with Crippen molar-refractivity contribution in [3.05, 3.63) is 45.5 Å². The molecule has 1 aliphatic heterocycles. The number of carbonyl (C=O) groups is 2. The molecule has 0 bridgehead atoms. The van der Waals surface area contributed by atoms with Gasteiger partial charge in [0.1, 0.15) is 5.75 Å². The molecule has 1 N–H and O–H groups in total. The van der Waals surface area contributed by atoms with Crippen LogP contribution in [-0.4, -0.2) is 29.9 Å². The molecule has 3 heterocycles. The summed E-state index contributed by atoms with van der Waals surface area (Å²) in [6, 6.07) is 9.33. The topological polar surface area (TPSA) is 71.5 Å². The molecule has 0 atom stereocenters. The average molecular weight is 399 g/mol. The van der Waals surface area contributed by atoms with E-state index in [1.807, 2.05) is 43.5 Å². The highest BCUT2D eigenvalue weighted by Crippen LogP contribution is 2.38. The second-order valence-corrected chi connectivity index (χ2v) is 8.12. The maximum absolute atomic E-state index is 12.2. The van der Waals surface area contributed by atoms with Crippen molar-refractivity contribution < 1.29 is 14.3 Å². The Morgan fingerprint density at radius 2 is 2.22 bits per heavy atom. The van der Waals surface area contributed by atoms with E-state index >= 15 is 0 Å². The number of likely N-dealkylation sites (N-methyl/N-ethyl adjacent to an activating group) is 1. The first kappa shape index (κ1) is 17.7. The molecule has 0 unspecified atom stereocenters.